The van der Waals surface area contributed by atoms with Gasteiger partial charge in [0.2, 0.25) is 5.76 Å². The quantitative estimate of drug-likeness (QED) is 0.112. The molecular weight excluding hydrogens is 512 g/mol. The highest BCUT2D eigenvalue weighted by molar-refractivity contribution is 7.87. The van der Waals surface area contributed by atoms with Crippen LogP contribution in [0.3, 0.4) is 0 Å². The Labute approximate surface area is 225 Å². The summed E-state index contributed by atoms with van der Waals surface area (Å²) >= 11 is 0. The standard InChI is InChI=1S/C28H38O9S/c1-5-8-16-35-25-19-21(20-26(28(29)30)34-7-3)13-14-23(25)36-17-15-22-11-10-12-24(27(22)33-4)37-38(31,32)18-9-6-2/h10-14,19-20H,5-9,15-18H2,1-4H3,(H,29,30). The van der Waals surface area contributed by atoms with Crippen molar-refractivity contribution in [2.45, 2.75) is 52.9 Å². The number of hydrogen-bond acceptors (Lipinski definition) is 8. The van der Waals surface area contributed by atoms with Crippen LogP contribution in [0, 0.1) is 0 Å². The zero-order valence-electron chi connectivity index (χ0n) is 22.5. The molecule has 0 radical (unpaired) electrons. The molecule has 0 atom stereocenters. The van der Waals surface area contributed by atoms with E-state index < -0.39 is 16.1 Å². The van der Waals surface area contributed by atoms with Crippen molar-refractivity contribution >= 4 is 22.2 Å². The fraction of sp³-hybridized carbons (Fsp3) is 0.464. The Hall–Kier alpha value is -3.40. The molecule has 2 aromatic rings. The molecule has 0 aliphatic heterocycles. The predicted octanol–water partition coefficient (Wildman–Crippen LogP) is 5.47. The molecule has 0 aromatic heterocycles. The highest BCUT2D eigenvalue weighted by Crippen LogP contribution is 2.34. The van der Waals surface area contributed by atoms with E-state index in [1.54, 1.807) is 37.3 Å². The molecule has 1 N–H and O–H groups in total. The van der Waals surface area contributed by atoms with Crippen molar-refractivity contribution in [3.05, 3.63) is 53.3 Å². The van der Waals surface area contributed by atoms with E-state index in [-0.39, 0.29) is 30.5 Å². The minimum absolute atomic E-state index is 0.0650. The molecule has 2 rings (SSSR count). The van der Waals surface area contributed by atoms with Crippen molar-refractivity contribution in [2.24, 2.45) is 0 Å². The third kappa shape index (κ3) is 9.81. The van der Waals surface area contributed by atoms with Crippen LogP contribution in [0.2, 0.25) is 0 Å². The zero-order valence-corrected chi connectivity index (χ0v) is 23.3. The van der Waals surface area contributed by atoms with Crippen LogP contribution < -0.4 is 18.4 Å². The molecule has 0 bridgehead atoms. The second-order valence-corrected chi connectivity index (χ2v) is 10.1. The van der Waals surface area contributed by atoms with Gasteiger partial charge < -0.3 is 28.2 Å². The highest BCUT2D eigenvalue weighted by atomic mass is 32.2. The SMILES string of the molecule is CCCCOc1cc(C=C(OCC)C(=O)O)ccc1OCCc1cccc(OS(=O)(=O)CCCC)c1OC. The van der Waals surface area contributed by atoms with Crippen LogP contribution in [-0.2, 0) is 26.1 Å². The van der Waals surface area contributed by atoms with Gasteiger partial charge in [-0.3, -0.25) is 0 Å². The van der Waals surface area contributed by atoms with E-state index in [9.17, 15) is 18.3 Å². The molecule has 0 saturated heterocycles. The number of benzene rings is 2. The molecule has 38 heavy (non-hydrogen) atoms. The summed E-state index contributed by atoms with van der Waals surface area (Å²) in [6, 6.07) is 10.2. The molecule has 2 aromatic carbocycles. The molecule has 210 valence electrons. The number of hydrogen-bond donors (Lipinski definition) is 1. The third-order valence-electron chi connectivity index (χ3n) is 5.39. The summed E-state index contributed by atoms with van der Waals surface area (Å²) in [5.41, 5.74) is 1.33. The van der Waals surface area contributed by atoms with Crippen molar-refractivity contribution in [1.82, 2.24) is 0 Å². The normalized spacial score (nSPS) is 11.6. The largest absolute Gasteiger partial charge is 0.493 e. The number of para-hydroxylation sites is 1. The molecule has 0 amide bonds. The molecule has 9 nitrogen and oxygen atoms in total. The first kappa shape index (κ1) is 30.8. The van der Waals surface area contributed by atoms with Crippen molar-refractivity contribution < 1.29 is 41.4 Å². The van der Waals surface area contributed by atoms with Crippen LogP contribution in [0.5, 0.6) is 23.0 Å². The third-order valence-corrected chi connectivity index (χ3v) is 6.61. The van der Waals surface area contributed by atoms with Gasteiger partial charge in [-0.25, -0.2) is 4.79 Å². The topological polar surface area (TPSA) is 118 Å². The number of rotatable bonds is 18. The first-order chi connectivity index (χ1) is 18.2. The molecular formula is C28H38O9S. The van der Waals surface area contributed by atoms with E-state index >= 15 is 0 Å². The van der Waals surface area contributed by atoms with Crippen molar-refractivity contribution in [3.63, 3.8) is 0 Å². The Morgan fingerprint density at radius 3 is 2.34 bits per heavy atom. The second kappa shape index (κ2) is 15.8. The molecule has 0 aliphatic carbocycles. The van der Waals surface area contributed by atoms with Crippen LogP contribution in [0.15, 0.2) is 42.2 Å². The summed E-state index contributed by atoms with van der Waals surface area (Å²) in [7, 11) is -2.26. The summed E-state index contributed by atoms with van der Waals surface area (Å²) in [5.74, 6) is 0.0903. The molecule has 0 saturated carbocycles. The van der Waals surface area contributed by atoms with E-state index in [0.717, 1.165) is 24.8 Å². The highest BCUT2D eigenvalue weighted by Gasteiger charge is 2.18. The number of unbranched alkanes of at least 4 members (excludes halogenated alkanes) is 2. The minimum Gasteiger partial charge on any atom is -0.493 e. The second-order valence-electron chi connectivity index (χ2n) is 8.40. The number of carboxylic acids is 1. The lowest BCUT2D eigenvalue weighted by atomic mass is 10.1. The average Bonchev–Trinajstić information content (AvgIpc) is 2.88. The van der Waals surface area contributed by atoms with Gasteiger partial charge in [0.25, 0.3) is 0 Å². The van der Waals surface area contributed by atoms with Gasteiger partial charge in [0, 0.05) is 12.0 Å². The van der Waals surface area contributed by atoms with Gasteiger partial charge in [-0.15, -0.1) is 0 Å². The van der Waals surface area contributed by atoms with Gasteiger partial charge in [-0.2, -0.15) is 8.42 Å². The Balaban J connectivity index is 2.20. The fourth-order valence-corrected chi connectivity index (χ4v) is 4.60. The Morgan fingerprint density at radius 1 is 0.947 bits per heavy atom. The molecule has 0 heterocycles. The van der Waals surface area contributed by atoms with Gasteiger partial charge in [-0.05, 0) is 49.6 Å². The average molecular weight is 551 g/mol. The van der Waals surface area contributed by atoms with E-state index in [2.05, 4.69) is 6.92 Å². The first-order valence-electron chi connectivity index (χ1n) is 12.8. The molecule has 0 unspecified atom stereocenters. The van der Waals surface area contributed by atoms with Crippen LogP contribution >= 0.6 is 0 Å². The molecule has 0 fully saturated rings. The van der Waals surface area contributed by atoms with Crippen molar-refractivity contribution in [3.8, 4) is 23.0 Å². The number of ether oxygens (including phenoxy) is 4. The van der Waals surface area contributed by atoms with E-state index in [4.69, 9.17) is 23.1 Å². The maximum Gasteiger partial charge on any atom is 0.371 e. The number of carboxylic acid groups (broad SMARTS) is 1. The summed E-state index contributed by atoms with van der Waals surface area (Å²) in [5, 5.41) is 9.35. The summed E-state index contributed by atoms with van der Waals surface area (Å²) in [6.07, 6.45) is 4.91. The zero-order chi connectivity index (χ0) is 28.0. The maximum atomic E-state index is 12.3. The van der Waals surface area contributed by atoms with Gasteiger partial charge in [0.15, 0.2) is 23.0 Å². The van der Waals surface area contributed by atoms with Crippen molar-refractivity contribution in [2.75, 3.05) is 32.7 Å². The van der Waals surface area contributed by atoms with Gasteiger partial charge >= 0.3 is 16.1 Å². The maximum absolute atomic E-state index is 12.3. The Kier molecular flexibility index (Phi) is 12.8. The number of aliphatic carboxylic acids is 1. The summed E-state index contributed by atoms with van der Waals surface area (Å²) in [4.78, 5) is 11.4. The lowest BCUT2D eigenvalue weighted by Gasteiger charge is -2.16. The van der Waals surface area contributed by atoms with Gasteiger partial charge in [0.05, 0.1) is 32.7 Å². The summed E-state index contributed by atoms with van der Waals surface area (Å²) in [6.45, 7) is 6.66. The van der Waals surface area contributed by atoms with Gasteiger partial charge in [-0.1, -0.05) is 44.9 Å². The lowest BCUT2D eigenvalue weighted by Crippen LogP contribution is -2.14. The van der Waals surface area contributed by atoms with Crippen molar-refractivity contribution in [1.29, 1.82) is 0 Å². The van der Waals surface area contributed by atoms with E-state index in [1.165, 1.54) is 13.2 Å². The Morgan fingerprint density at radius 2 is 1.68 bits per heavy atom. The fourth-order valence-electron chi connectivity index (χ4n) is 3.47. The molecule has 0 spiro atoms. The van der Waals surface area contributed by atoms with Crippen LogP contribution in [0.1, 0.15) is 57.6 Å². The van der Waals surface area contributed by atoms with E-state index in [0.29, 0.717) is 42.3 Å². The lowest BCUT2D eigenvalue weighted by molar-refractivity contribution is -0.136. The predicted molar refractivity (Wildman–Crippen MR) is 146 cm³/mol. The van der Waals surface area contributed by atoms with Gasteiger partial charge in [0.1, 0.15) is 0 Å². The summed E-state index contributed by atoms with van der Waals surface area (Å²) < 4.78 is 52.5. The molecule has 10 heteroatoms. The smallest absolute Gasteiger partial charge is 0.371 e. The first-order valence-corrected chi connectivity index (χ1v) is 14.4. The van der Waals surface area contributed by atoms with E-state index in [1.807, 2.05) is 13.0 Å². The van der Waals surface area contributed by atoms with Crippen LogP contribution in [0.25, 0.3) is 6.08 Å². The number of carbonyl (C=O) groups is 1. The number of methoxy groups -OCH3 is 1. The minimum atomic E-state index is -3.73. The Bertz CT molecular complexity index is 1170. The van der Waals surface area contributed by atoms with Crippen LogP contribution in [-0.4, -0.2) is 52.2 Å². The molecule has 0 aliphatic rings. The van der Waals surface area contributed by atoms with Crippen LogP contribution in [0.4, 0.5) is 0 Å². The monoisotopic (exact) mass is 550 g/mol.